The Bertz CT molecular complexity index is 664. The zero-order chi connectivity index (χ0) is 14.1. The fraction of sp³-hybridized carbons (Fsp3) is 0.235. The van der Waals surface area contributed by atoms with E-state index in [1.165, 1.54) is 11.1 Å². The van der Waals surface area contributed by atoms with E-state index in [0.717, 1.165) is 6.42 Å². The maximum atomic E-state index is 12.4. The molecule has 0 saturated carbocycles. The smallest absolute Gasteiger partial charge is 0.167 e. The molecular weight excluding hydrogens is 272 g/mol. The Morgan fingerprint density at radius 3 is 2.85 bits per heavy atom. The van der Waals surface area contributed by atoms with Crippen molar-refractivity contribution in [2.75, 3.05) is 7.11 Å². The summed E-state index contributed by atoms with van der Waals surface area (Å²) in [6, 6.07) is 13.5. The summed E-state index contributed by atoms with van der Waals surface area (Å²) < 4.78 is 5.24. The molecule has 0 heterocycles. The van der Waals surface area contributed by atoms with Crippen molar-refractivity contribution in [3.63, 3.8) is 0 Å². The van der Waals surface area contributed by atoms with Crippen molar-refractivity contribution in [2.45, 2.75) is 18.8 Å². The van der Waals surface area contributed by atoms with Crippen LogP contribution in [-0.4, -0.2) is 12.9 Å². The highest BCUT2D eigenvalue weighted by Gasteiger charge is 2.28. The second-order valence-electron chi connectivity index (χ2n) is 5.07. The number of ketones is 1. The fourth-order valence-corrected chi connectivity index (χ4v) is 2.94. The minimum Gasteiger partial charge on any atom is -0.496 e. The lowest BCUT2D eigenvalue weighted by Gasteiger charge is -2.29. The number of hydrogen-bond acceptors (Lipinski definition) is 2. The van der Waals surface area contributed by atoms with Gasteiger partial charge < -0.3 is 4.74 Å². The maximum absolute atomic E-state index is 12.4. The molecule has 3 rings (SSSR count). The molecule has 2 aromatic rings. The predicted molar refractivity (Wildman–Crippen MR) is 79.8 cm³/mol. The first-order chi connectivity index (χ1) is 9.69. The van der Waals surface area contributed by atoms with Gasteiger partial charge in [0.15, 0.2) is 5.78 Å². The van der Waals surface area contributed by atoms with Gasteiger partial charge in [0.1, 0.15) is 5.75 Å². The van der Waals surface area contributed by atoms with Crippen LogP contribution in [0.5, 0.6) is 5.75 Å². The van der Waals surface area contributed by atoms with E-state index in [1.54, 1.807) is 25.3 Å². The number of methoxy groups -OCH3 is 1. The number of Topliss-reactive ketones (excluding diaryl/α,β-unsaturated/α-hetero) is 1. The van der Waals surface area contributed by atoms with Gasteiger partial charge in [0.05, 0.1) is 12.7 Å². The third-order valence-corrected chi connectivity index (χ3v) is 4.09. The number of benzene rings is 2. The largest absolute Gasteiger partial charge is 0.496 e. The standard InChI is InChI=1S/C17H15ClO2/c1-20-17-10-13(18)6-7-15(17)16(19)9-12-8-11-4-2-3-5-14(11)12/h2-7,10,12H,8-9H2,1H3. The van der Waals surface area contributed by atoms with E-state index in [4.69, 9.17) is 16.3 Å². The lowest BCUT2D eigenvalue weighted by molar-refractivity contribution is 0.0967. The monoisotopic (exact) mass is 286 g/mol. The summed E-state index contributed by atoms with van der Waals surface area (Å²) in [5.41, 5.74) is 3.27. The lowest BCUT2D eigenvalue weighted by atomic mass is 9.74. The molecule has 1 unspecified atom stereocenters. The van der Waals surface area contributed by atoms with Crippen molar-refractivity contribution < 1.29 is 9.53 Å². The topological polar surface area (TPSA) is 26.3 Å². The summed E-state index contributed by atoms with van der Waals surface area (Å²) in [5, 5.41) is 0.576. The van der Waals surface area contributed by atoms with E-state index in [2.05, 4.69) is 12.1 Å². The van der Waals surface area contributed by atoms with Gasteiger partial charge in [0, 0.05) is 11.4 Å². The van der Waals surface area contributed by atoms with Crippen LogP contribution in [-0.2, 0) is 6.42 Å². The van der Waals surface area contributed by atoms with Gasteiger partial charge in [-0.15, -0.1) is 0 Å². The summed E-state index contributed by atoms with van der Waals surface area (Å²) >= 11 is 5.92. The van der Waals surface area contributed by atoms with E-state index in [-0.39, 0.29) is 5.78 Å². The second kappa shape index (κ2) is 5.29. The van der Waals surface area contributed by atoms with Gasteiger partial charge in [-0.1, -0.05) is 35.9 Å². The number of fused-ring (bicyclic) bond motifs is 1. The first-order valence-corrected chi connectivity index (χ1v) is 7.01. The lowest BCUT2D eigenvalue weighted by Crippen LogP contribution is -2.20. The van der Waals surface area contributed by atoms with Crippen molar-refractivity contribution in [3.8, 4) is 5.75 Å². The molecule has 20 heavy (non-hydrogen) atoms. The Balaban J connectivity index is 1.78. The quantitative estimate of drug-likeness (QED) is 0.785. The number of carbonyl (C=O) groups excluding carboxylic acids is 1. The van der Waals surface area contributed by atoms with Crippen LogP contribution in [0.3, 0.4) is 0 Å². The van der Waals surface area contributed by atoms with Crippen LogP contribution in [0.25, 0.3) is 0 Å². The molecule has 1 aliphatic rings. The number of carbonyl (C=O) groups is 1. The van der Waals surface area contributed by atoms with Crippen molar-refractivity contribution in [3.05, 3.63) is 64.2 Å². The van der Waals surface area contributed by atoms with E-state index in [0.29, 0.717) is 28.7 Å². The van der Waals surface area contributed by atoms with E-state index in [9.17, 15) is 4.79 Å². The highest BCUT2D eigenvalue weighted by atomic mass is 35.5. The van der Waals surface area contributed by atoms with Gasteiger partial charge in [-0.25, -0.2) is 0 Å². The van der Waals surface area contributed by atoms with E-state index < -0.39 is 0 Å². The zero-order valence-corrected chi connectivity index (χ0v) is 12.0. The van der Waals surface area contributed by atoms with Gasteiger partial charge in [0.25, 0.3) is 0 Å². The highest BCUT2D eigenvalue weighted by Crippen LogP contribution is 2.38. The molecule has 3 heteroatoms. The number of hydrogen-bond donors (Lipinski definition) is 0. The molecule has 1 atom stereocenters. The number of halogens is 1. The predicted octanol–water partition coefficient (Wildman–Crippen LogP) is 4.26. The molecule has 0 radical (unpaired) electrons. The Morgan fingerprint density at radius 2 is 2.10 bits per heavy atom. The van der Waals surface area contributed by atoms with Crippen LogP contribution in [0.2, 0.25) is 5.02 Å². The van der Waals surface area contributed by atoms with Gasteiger partial charge in [-0.3, -0.25) is 4.79 Å². The van der Waals surface area contributed by atoms with Crippen molar-refractivity contribution in [2.24, 2.45) is 0 Å². The minimum absolute atomic E-state index is 0.109. The average molecular weight is 287 g/mol. The molecule has 0 spiro atoms. The Kier molecular flexibility index (Phi) is 3.49. The highest BCUT2D eigenvalue weighted by molar-refractivity contribution is 6.30. The van der Waals surface area contributed by atoms with Crippen LogP contribution >= 0.6 is 11.6 Å². The Labute approximate surface area is 123 Å². The SMILES string of the molecule is COc1cc(Cl)ccc1C(=O)CC1Cc2ccccc21. The van der Waals surface area contributed by atoms with Crippen LogP contribution < -0.4 is 4.74 Å². The Morgan fingerprint density at radius 1 is 1.30 bits per heavy atom. The van der Waals surface area contributed by atoms with Crippen LogP contribution in [0, 0.1) is 0 Å². The average Bonchev–Trinajstić information content (AvgIpc) is 2.44. The number of ether oxygens (including phenoxy) is 1. The molecule has 0 saturated heterocycles. The van der Waals surface area contributed by atoms with E-state index in [1.807, 2.05) is 12.1 Å². The molecule has 2 aromatic carbocycles. The normalized spacial score (nSPS) is 16.2. The maximum Gasteiger partial charge on any atom is 0.167 e. The second-order valence-corrected chi connectivity index (χ2v) is 5.51. The minimum atomic E-state index is 0.109. The van der Waals surface area contributed by atoms with Gasteiger partial charge >= 0.3 is 0 Å². The molecule has 2 nitrogen and oxygen atoms in total. The summed E-state index contributed by atoms with van der Waals surface area (Å²) in [7, 11) is 1.56. The first kappa shape index (κ1) is 13.2. The molecule has 0 N–H and O–H groups in total. The summed E-state index contributed by atoms with van der Waals surface area (Å²) in [5.74, 6) is 0.993. The van der Waals surface area contributed by atoms with Crippen LogP contribution in [0.1, 0.15) is 33.8 Å². The Hall–Kier alpha value is -1.80. The molecule has 0 aliphatic heterocycles. The summed E-state index contributed by atoms with van der Waals surface area (Å²) in [6.45, 7) is 0. The zero-order valence-electron chi connectivity index (χ0n) is 11.2. The number of rotatable bonds is 4. The summed E-state index contributed by atoms with van der Waals surface area (Å²) in [4.78, 5) is 12.4. The van der Waals surface area contributed by atoms with Crippen molar-refractivity contribution >= 4 is 17.4 Å². The van der Waals surface area contributed by atoms with Gasteiger partial charge in [-0.2, -0.15) is 0 Å². The molecule has 102 valence electrons. The fourth-order valence-electron chi connectivity index (χ4n) is 2.77. The van der Waals surface area contributed by atoms with Crippen molar-refractivity contribution in [1.82, 2.24) is 0 Å². The molecule has 0 amide bonds. The van der Waals surface area contributed by atoms with E-state index >= 15 is 0 Å². The van der Waals surface area contributed by atoms with Crippen LogP contribution in [0.4, 0.5) is 0 Å². The molecule has 1 aliphatic carbocycles. The molecule has 0 fully saturated rings. The van der Waals surface area contributed by atoms with Crippen molar-refractivity contribution in [1.29, 1.82) is 0 Å². The molecule has 0 aromatic heterocycles. The van der Waals surface area contributed by atoms with Gasteiger partial charge in [0.2, 0.25) is 0 Å². The molecule has 0 bridgehead atoms. The molecular formula is C17H15ClO2. The van der Waals surface area contributed by atoms with Crippen LogP contribution in [0.15, 0.2) is 42.5 Å². The third kappa shape index (κ3) is 2.32. The first-order valence-electron chi connectivity index (χ1n) is 6.63. The third-order valence-electron chi connectivity index (χ3n) is 3.86. The summed E-state index contributed by atoms with van der Waals surface area (Å²) in [6.07, 6.45) is 1.51. The van der Waals surface area contributed by atoms with Gasteiger partial charge in [-0.05, 0) is 41.7 Å².